The number of hydrogen-bond acceptors (Lipinski definition) is 8. The third kappa shape index (κ3) is 7.60. The minimum atomic E-state index is -3.74. The summed E-state index contributed by atoms with van der Waals surface area (Å²) in [5, 5.41) is 12.6. The van der Waals surface area contributed by atoms with E-state index in [1.54, 1.807) is 6.92 Å². The first kappa shape index (κ1) is 27.3. The number of halogens is 1. The van der Waals surface area contributed by atoms with E-state index in [0.717, 1.165) is 38.5 Å². The topological polar surface area (TPSA) is 121 Å². The lowest BCUT2D eigenvalue weighted by atomic mass is 9.87. The van der Waals surface area contributed by atoms with Crippen molar-refractivity contribution in [2.24, 2.45) is 5.92 Å². The van der Waals surface area contributed by atoms with E-state index in [0.29, 0.717) is 13.0 Å². The van der Waals surface area contributed by atoms with Gasteiger partial charge in [-0.05, 0) is 50.9 Å². The van der Waals surface area contributed by atoms with Crippen LogP contribution in [0.1, 0.15) is 65.2 Å². The molecule has 3 rings (SSSR count). The molecule has 1 heterocycles. The summed E-state index contributed by atoms with van der Waals surface area (Å²) in [7, 11) is -3.74. The van der Waals surface area contributed by atoms with Crippen molar-refractivity contribution in [1.82, 2.24) is 26.0 Å². The van der Waals surface area contributed by atoms with Gasteiger partial charge in [-0.1, -0.05) is 19.8 Å². The normalized spacial score (nSPS) is 37.0. The molecule has 1 saturated heterocycles. The lowest BCUT2D eigenvalue weighted by molar-refractivity contribution is -0.119. The highest BCUT2D eigenvalue weighted by atomic mass is 32.2. The molecule has 3 fully saturated rings. The Morgan fingerprint density at radius 1 is 1.15 bits per heavy atom. The molecule has 1 aliphatic heterocycles. The van der Waals surface area contributed by atoms with Gasteiger partial charge < -0.3 is 4.74 Å². The molecule has 9 nitrogen and oxygen atoms in total. The maximum Gasteiger partial charge on any atom is 0.238 e. The number of hydrogen-bond donors (Lipinski definition) is 5. The van der Waals surface area contributed by atoms with E-state index in [4.69, 9.17) is 11.2 Å². The van der Waals surface area contributed by atoms with Gasteiger partial charge in [-0.2, -0.15) is 0 Å². The molecule has 6 unspecified atom stereocenters. The zero-order chi connectivity index (χ0) is 24.7. The third-order valence-corrected chi connectivity index (χ3v) is 9.18. The van der Waals surface area contributed by atoms with Crippen molar-refractivity contribution in [1.29, 1.82) is 0 Å². The summed E-state index contributed by atoms with van der Waals surface area (Å²) in [5.41, 5.74) is 0. The molecule has 34 heavy (non-hydrogen) atoms. The molecule has 2 aliphatic carbocycles. The number of sulfonamides is 1. The Balaban J connectivity index is 1.50. The highest BCUT2D eigenvalue weighted by Crippen LogP contribution is 2.29. The fraction of sp³-hybridized carbons (Fsp3) is 0.870. The van der Waals surface area contributed by atoms with Crippen LogP contribution < -0.4 is 26.0 Å². The fourth-order valence-corrected chi connectivity index (χ4v) is 7.02. The maximum atomic E-state index is 14.6. The molecule has 0 spiro atoms. The predicted octanol–water partition coefficient (Wildman–Crippen LogP) is 0.680. The molecule has 6 atom stereocenters. The standard InChI is InChI=1S/C23H40FN5O4S/c1-4-12-33-18-10-8-16(9-11-18)26-22-19(24)14-25-23(28-22)27-17-7-6-15(3)20(13-17)34(31,32)29-21(30)5-2/h1,15-20,22-23,25-28H,5-14H2,2-3H3,(H,29,30). The van der Waals surface area contributed by atoms with Gasteiger partial charge in [0.2, 0.25) is 15.9 Å². The maximum absolute atomic E-state index is 14.6. The molecular weight excluding hydrogens is 461 g/mol. The molecule has 1 amide bonds. The summed E-state index contributed by atoms with van der Waals surface area (Å²) in [6.07, 6.45) is 9.15. The van der Waals surface area contributed by atoms with E-state index >= 15 is 0 Å². The molecule has 0 aromatic carbocycles. The molecule has 5 N–H and O–H groups in total. The van der Waals surface area contributed by atoms with E-state index < -0.39 is 33.5 Å². The van der Waals surface area contributed by atoms with Crippen molar-refractivity contribution in [2.75, 3.05) is 13.2 Å². The predicted molar refractivity (Wildman–Crippen MR) is 129 cm³/mol. The van der Waals surface area contributed by atoms with Crippen molar-refractivity contribution < 1.29 is 22.3 Å². The third-order valence-electron chi connectivity index (χ3n) is 7.22. The Labute approximate surface area is 203 Å². The van der Waals surface area contributed by atoms with Gasteiger partial charge in [-0.3, -0.25) is 30.8 Å². The molecule has 2 saturated carbocycles. The lowest BCUT2D eigenvalue weighted by Crippen LogP contribution is -2.71. The second kappa shape index (κ2) is 12.6. The SMILES string of the molecule is C#CCOC1CCC(NC2NC(NC3CCC(C)C(S(=O)(=O)NC(=O)CC)C3)NCC2F)CC1. The zero-order valence-corrected chi connectivity index (χ0v) is 21.0. The molecule has 3 aliphatic rings. The van der Waals surface area contributed by atoms with Gasteiger partial charge in [0.1, 0.15) is 19.1 Å². The summed E-state index contributed by atoms with van der Waals surface area (Å²) in [4.78, 5) is 11.7. The van der Waals surface area contributed by atoms with Crippen LogP contribution >= 0.6 is 0 Å². The number of amides is 1. The molecule has 11 heteroatoms. The monoisotopic (exact) mass is 501 g/mol. The van der Waals surface area contributed by atoms with Crippen molar-refractivity contribution in [2.45, 2.75) is 107 Å². The van der Waals surface area contributed by atoms with Crippen LogP contribution in [-0.4, -0.2) is 69.5 Å². The zero-order valence-electron chi connectivity index (χ0n) is 20.2. The largest absolute Gasteiger partial charge is 0.366 e. The van der Waals surface area contributed by atoms with Crippen molar-refractivity contribution in [3.05, 3.63) is 0 Å². The van der Waals surface area contributed by atoms with E-state index in [2.05, 4.69) is 31.9 Å². The van der Waals surface area contributed by atoms with Gasteiger partial charge in [0.05, 0.1) is 17.5 Å². The van der Waals surface area contributed by atoms with Crippen molar-refractivity contribution in [3.8, 4) is 12.3 Å². The number of carbonyl (C=O) groups is 1. The quantitative estimate of drug-likeness (QED) is 0.293. The first-order valence-corrected chi connectivity index (χ1v) is 14.0. The van der Waals surface area contributed by atoms with E-state index in [1.165, 1.54) is 0 Å². The Bertz CT molecular complexity index is 815. The van der Waals surface area contributed by atoms with Gasteiger partial charge >= 0.3 is 0 Å². The summed E-state index contributed by atoms with van der Waals surface area (Å²) in [5.74, 6) is 1.96. The van der Waals surface area contributed by atoms with Gasteiger partial charge in [-0.15, -0.1) is 6.42 Å². The molecule has 0 bridgehead atoms. The summed E-state index contributed by atoms with van der Waals surface area (Å²) in [6.45, 7) is 4.06. The first-order chi connectivity index (χ1) is 16.2. The highest BCUT2D eigenvalue weighted by Gasteiger charge is 2.39. The van der Waals surface area contributed by atoms with Crippen molar-refractivity contribution in [3.63, 3.8) is 0 Å². The number of alkyl halides is 1. The number of rotatable bonds is 9. The number of carbonyl (C=O) groups excluding carboxylic acids is 1. The van der Waals surface area contributed by atoms with Gasteiger partial charge in [0.15, 0.2) is 0 Å². The van der Waals surface area contributed by atoms with Gasteiger partial charge in [0, 0.05) is 25.0 Å². The Morgan fingerprint density at radius 2 is 1.85 bits per heavy atom. The van der Waals surface area contributed by atoms with Gasteiger partial charge in [-0.25, -0.2) is 12.8 Å². The number of ether oxygens (including phenoxy) is 1. The number of terminal acetylenes is 1. The van der Waals surface area contributed by atoms with Crippen LogP contribution in [0.25, 0.3) is 0 Å². The van der Waals surface area contributed by atoms with Crippen molar-refractivity contribution >= 4 is 15.9 Å². The first-order valence-electron chi connectivity index (χ1n) is 12.5. The van der Waals surface area contributed by atoms with Crippen LogP contribution in [0.5, 0.6) is 0 Å². The molecule has 0 radical (unpaired) electrons. The van der Waals surface area contributed by atoms with E-state index in [1.807, 2.05) is 6.92 Å². The van der Waals surface area contributed by atoms with Crippen LogP contribution in [-0.2, 0) is 19.6 Å². The molecule has 0 aromatic rings. The fourth-order valence-electron chi connectivity index (χ4n) is 5.17. The Kier molecular flexibility index (Phi) is 10.1. The number of nitrogens with one attached hydrogen (secondary N) is 5. The van der Waals surface area contributed by atoms with Crippen LogP contribution in [0.4, 0.5) is 4.39 Å². The second-order valence-electron chi connectivity index (χ2n) is 9.77. The average Bonchev–Trinajstić information content (AvgIpc) is 2.81. The Hall–Kier alpha value is -1.29. The van der Waals surface area contributed by atoms with E-state index in [-0.39, 0.29) is 43.4 Å². The summed E-state index contributed by atoms with van der Waals surface area (Å²) >= 11 is 0. The van der Waals surface area contributed by atoms with E-state index in [9.17, 15) is 17.6 Å². The molecular formula is C23H40FN5O4S. The van der Waals surface area contributed by atoms with Crippen LogP contribution in [0.2, 0.25) is 0 Å². The van der Waals surface area contributed by atoms with Crippen LogP contribution in [0, 0.1) is 18.3 Å². The lowest BCUT2D eigenvalue weighted by Gasteiger charge is -2.42. The van der Waals surface area contributed by atoms with Crippen LogP contribution in [0.15, 0.2) is 0 Å². The average molecular weight is 502 g/mol. The highest BCUT2D eigenvalue weighted by molar-refractivity contribution is 7.90. The minimum absolute atomic E-state index is 0.0446. The van der Waals surface area contributed by atoms with Gasteiger partial charge in [0.25, 0.3) is 0 Å². The summed E-state index contributed by atoms with van der Waals surface area (Å²) < 4.78 is 47.9. The molecule has 0 aromatic heterocycles. The second-order valence-corrected chi connectivity index (χ2v) is 11.7. The van der Waals surface area contributed by atoms with Crippen LogP contribution in [0.3, 0.4) is 0 Å². The Morgan fingerprint density at radius 3 is 2.53 bits per heavy atom. The molecule has 194 valence electrons. The minimum Gasteiger partial charge on any atom is -0.366 e. The summed E-state index contributed by atoms with van der Waals surface area (Å²) in [6, 6.07) is 0.132. The smallest absolute Gasteiger partial charge is 0.238 e.